The Labute approximate surface area is 163 Å². The van der Waals surface area contributed by atoms with Gasteiger partial charge in [0.2, 0.25) is 0 Å². The fourth-order valence-corrected chi connectivity index (χ4v) is 3.34. The van der Waals surface area contributed by atoms with Gasteiger partial charge in [-0.2, -0.15) is 0 Å². The number of benzene rings is 1. The normalized spacial score (nSPS) is 18.3. The lowest BCUT2D eigenvalue weighted by Crippen LogP contribution is -2.48. The number of halogens is 1. The van der Waals surface area contributed by atoms with E-state index in [0.29, 0.717) is 12.1 Å². The maximum absolute atomic E-state index is 12.0. The van der Waals surface area contributed by atoms with Gasteiger partial charge in [-0.3, -0.25) is 4.90 Å². The molecule has 0 bridgehead atoms. The van der Waals surface area contributed by atoms with Gasteiger partial charge in [-0.05, 0) is 63.9 Å². The number of nitrogens with one attached hydrogen (secondary N) is 1. The maximum Gasteiger partial charge on any atom is 0.407 e. The summed E-state index contributed by atoms with van der Waals surface area (Å²) in [7, 11) is 1.38. The summed E-state index contributed by atoms with van der Waals surface area (Å²) in [6.45, 7) is 7.94. The molecule has 144 valence electrons. The predicted molar refractivity (Wildman–Crippen MR) is 103 cm³/mol. The second kappa shape index (κ2) is 8.86. The lowest BCUT2D eigenvalue weighted by molar-refractivity contribution is 0.0469. The van der Waals surface area contributed by atoms with Gasteiger partial charge in [0.15, 0.2) is 0 Å². The molecule has 1 saturated heterocycles. The van der Waals surface area contributed by atoms with Crippen LogP contribution >= 0.6 is 15.9 Å². The number of carbonyl (C=O) groups is 2. The first-order valence-electron chi connectivity index (χ1n) is 8.76. The monoisotopic (exact) mass is 426 g/mol. The van der Waals surface area contributed by atoms with Crippen molar-refractivity contribution >= 4 is 28.0 Å². The van der Waals surface area contributed by atoms with Crippen LogP contribution in [0.15, 0.2) is 22.7 Å². The quantitative estimate of drug-likeness (QED) is 0.742. The predicted octanol–water partition coefficient (Wildman–Crippen LogP) is 3.72. The zero-order valence-electron chi connectivity index (χ0n) is 15.8. The molecule has 1 atom stereocenters. The molecule has 1 N–H and O–H groups in total. The zero-order valence-corrected chi connectivity index (χ0v) is 17.4. The Morgan fingerprint density at radius 3 is 2.73 bits per heavy atom. The van der Waals surface area contributed by atoms with Crippen LogP contribution < -0.4 is 5.32 Å². The van der Waals surface area contributed by atoms with Crippen LogP contribution in [0.4, 0.5) is 4.79 Å². The number of methoxy groups -OCH3 is 1. The Hall–Kier alpha value is -1.60. The second-order valence-electron chi connectivity index (χ2n) is 7.52. The summed E-state index contributed by atoms with van der Waals surface area (Å²) in [5, 5.41) is 2.96. The number of hydrogen-bond donors (Lipinski definition) is 1. The van der Waals surface area contributed by atoms with Gasteiger partial charge in [-0.25, -0.2) is 9.59 Å². The summed E-state index contributed by atoms with van der Waals surface area (Å²) in [5.74, 6) is -0.345. The van der Waals surface area contributed by atoms with Gasteiger partial charge in [0, 0.05) is 23.6 Å². The minimum atomic E-state index is -0.502. The number of nitrogens with zero attached hydrogens (tertiary/aromatic N) is 1. The van der Waals surface area contributed by atoms with Gasteiger partial charge in [0.1, 0.15) is 5.60 Å². The molecule has 1 aliphatic rings. The van der Waals surface area contributed by atoms with Crippen molar-refractivity contribution < 1.29 is 19.1 Å². The third-order valence-electron chi connectivity index (χ3n) is 4.09. The molecule has 1 aliphatic heterocycles. The molecule has 1 fully saturated rings. The van der Waals surface area contributed by atoms with Crippen LogP contribution in [0.5, 0.6) is 0 Å². The number of hydrogen-bond acceptors (Lipinski definition) is 5. The van der Waals surface area contributed by atoms with E-state index in [4.69, 9.17) is 9.47 Å². The minimum absolute atomic E-state index is 0.0566. The molecule has 0 aromatic heterocycles. The molecule has 0 aliphatic carbocycles. The topological polar surface area (TPSA) is 67.9 Å². The molecular formula is C19H27BrN2O4. The van der Waals surface area contributed by atoms with E-state index < -0.39 is 5.60 Å². The standard InChI is InChI=1S/C19H27BrN2O4/c1-19(2,3)26-18(24)21-15-6-5-9-22(12-15)11-14-10-13(17(23)25-4)7-8-16(14)20/h7-8,10,15H,5-6,9,11-12H2,1-4H3,(H,21,24)/t15-/m1/s1. The molecule has 1 heterocycles. The molecule has 1 aromatic rings. The van der Waals surface area contributed by atoms with E-state index in [1.165, 1.54) is 7.11 Å². The largest absolute Gasteiger partial charge is 0.465 e. The summed E-state index contributed by atoms with van der Waals surface area (Å²) in [5.41, 5.74) is 1.05. The minimum Gasteiger partial charge on any atom is -0.465 e. The van der Waals surface area contributed by atoms with Crippen LogP contribution in [0.2, 0.25) is 0 Å². The van der Waals surface area contributed by atoms with Crippen LogP contribution in [-0.2, 0) is 16.0 Å². The number of ether oxygens (including phenoxy) is 2. The van der Waals surface area contributed by atoms with Crippen molar-refractivity contribution in [2.45, 2.75) is 51.8 Å². The van der Waals surface area contributed by atoms with Crippen molar-refractivity contribution in [2.24, 2.45) is 0 Å². The second-order valence-corrected chi connectivity index (χ2v) is 8.37. The van der Waals surface area contributed by atoms with Crippen molar-refractivity contribution in [3.05, 3.63) is 33.8 Å². The first kappa shape index (κ1) is 20.7. The molecule has 1 aromatic carbocycles. The Balaban J connectivity index is 1.98. The number of alkyl carbamates (subject to hydrolysis) is 1. The first-order chi connectivity index (χ1) is 12.2. The third kappa shape index (κ3) is 6.29. The van der Waals surface area contributed by atoms with Crippen molar-refractivity contribution in [3.63, 3.8) is 0 Å². The SMILES string of the molecule is COC(=O)c1ccc(Br)c(CN2CCC[C@@H](NC(=O)OC(C)(C)C)C2)c1. The van der Waals surface area contributed by atoms with Gasteiger partial charge in [-0.1, -0.05) is 15.9 Å². The van der Waals surface area contributed by atoms with Crippen LogP contribution in [0.25, 0.3) is 0 Å². The van der Waals surface area contributed by atoms with Crippen molar-refractivity contribution in [3.8, 4) is 0 Å². The Morgan fingerprint density at radius 1 is 1.35 bits per heavy atom. The molecule has 26 heavy (non-hydrogen) atoms. The Morgan fingerprint density at radius 2 is 2.08 bits per heavy atom. The van der Waals surface area contributed by atoms with Crippen LogP contribution in [-0.4, -0.2) is 48.8 Å². The average molecular weight is 427 g/mol. The van der Waals surface area contributed by atoms with E-state index >= 15 is 0 Å². The Kier molecular flexibility index (Phi) is 7.06. The number of rotatable bonds is 4. The third-order valence-corrected chi connectivity index (χ3v) is 4.86. The van der Waals surface area contributed by atoms with E-state index in [1.807, 2.05) is 32.9 Å². The fourth-order valence-electron chi connectivity index (χ4n) is 2.97. The van der Waals surface area contributed by atoms with Crippen LogP contribution in [0.1, 0.15) is 49.5 Å². The van der Waals surface area contributed by atoms with Crippen molar-refractivity contribution in [1.29, 1.82) is 0 Å². The smallest absolute Gasteiger partial charge is 0.407 e. The number of amides is 1. The highest BCUT2D eigenvalue weighted by atomic mass is 79.9. The molecule has 0 saturated carbocycles. The summed E-state index contributed by atoms with van der Waals surface area (Å²) in [4.78, 5) is 26.0. The highest BCUT2D eigenvalue weighted by molar-refractivity contribution is 9.10. The number of esters is 1. The molecule has 6 nitrogen and oxygen atoms in total. The zero-order chi connectivity index (χ0) is 19.3. The molecule has 2 rings (SSSR count). The van der Waals surface area contributed by atoms with Gasteiger partial charge < -0.3 is 14.8 Å². The van der Waals surface area contributed by atoms with Gasteiger partial charge in [0.25, 0.3) is 0 Å². The summed E-state index contributed by atoms with van der Waals surface area (Å²) in [6.07, 6.45) is 1.55. The molecule has 0 unspecified atom stereocenters. The number of likely N-dealkylation sites (tertiary alicyclic amines) is 1. The van der Waals surface area contributed by atoms with E-state index in [1.54, 1.807) is 6.07 Å². The molecule has 1 amide bonds. The summed E-state index contributed by atoms with van der Waals surface area (Å²) >= 11 is 3.55. The van der Waals surface area contributed by atoms with Gasteiger partial charge >= 0.3 is 12.1 Å². The van der Waals surface area contributed by atoms with Crippen molar-refractivity contribution in [1.82, 2.24) is 10.2 Å². The van der Waals surface area contributed by atoms with Gasteiger partial charge in [-0.15, -0.1) is 0 Å². The lowest BCUT2D eigenvalue weighted by Gasteiger charge is -2.33. The Bertz CT molecular complexity index is 657. The maximum atomic E-state index is 12.0. The molecule has 7 heteroatoms. The van der Waals surface area contributed by atoms with E-state index in [0.717, 1.165) is 36.0 Å². The highest BCUT2D eigenvalue weighted by Crippen LogP contribution is 2.22. The van der Waals surface area contributed by atoms with Crippen molar-refractivity contribution in [2.75, 3.05) is 20.2 Å². The molecule has 0 spiro atoms. The average Bonchev–Trinajstić information content (AvgIpc) is 2.54. The first-order valence-corrected chi connectivity index (χ1v) is 9.56. The number of carbonyl (C=O) groups excluding carboxylic acids is 2. The fraction of sp³-hybridized carbons (Fsp3) is 0.579. The molecular weight excluding hydrogens is 400 g/mol. The lowest BCUT2D eigenvalue weighted by atomic mass is 10.0. The summed E-state index contributed by atoms with van der Waals surface area (Å²) < 4.78 is 11.1. The van der Waals surface area contributed by atoms with Gasteiger partial charge in [0.05, 0.1) is 12.7 Å². The highest BCUT2D eigenvalue weighted by Gasteiger charge is 2.24. The summed E-state index contributed by atoms with van der Waals surface area (Å²) in [6, 6.07) is 5.51. The van der Waals surface area contributed by atoms with E-state index in [9.17, 15) is 9.59 Å². The number of piperidine rings is 1. The van der Waals surface area contributed by atoms with E-state index in [-0.39, 0.29) is 18.1 Å². The molecule has 0 radical (unpaired) electrons. The van der Waals surface area contributed by atoms with Crippen LogP contribution in [0, 0.1) is 0 Å². The van der Waals surface area contributed by atoms with E-state index in [2.05, 4.69) is 26.1 Å². The van der Waals surface area contributed by atoms with Crippen LogP contribution in [0.3, 0.4) is 0 Å².